The Labute approximate surface area is 257 Å². The largest absolute Gasteiger partial charge is 0.480 e. The second-order valence-electron chi connectivity index (χ2n) is 10.1. The van der Waals surface area contributed by atoms with Crippen LogP contribution in [0.15, 0.2) is 72.8 Å². The lowest BCUT2D eigenvalue weighted by Crippen LogP contribution is -2.34. The van der Waals surface area contributed by atoms with E-state index in [0.717, 1.165) is 11.1 Å². The van der Waals surface area contributed by atoms with Gasteiger partial charge in [0.15, 0.2) is 0 Å². The lowest BCUT2D eigenvalue weighted by atomic mass is 10.0. The summed E-state index contributed by atoms with van der Waals surface area (Å²) in [5, 5.41) is 36.9. The number of rotatable bonds is 15. The molecule has 0 atom stereocenters. The van der Waals surface area contributed by atoms with E-state index in [1.54, 1.807) is 54.6 Å². The second-order valence-corrected chi connectivity index (χ2v) is 10.1. The van der Waals surface area contributed by atoms with Gasteiger partial charge in [-0.1, -0.05) is 24.3 Å². The maximum absolute atomic E-state index is 11.3. The Morgan fingerprint density at radius 2 is 0.956 bits per heavy atom. The van der Waals surface area contributed by atoms with Crippen molar-refractivity contribution in [3.8, 4) is 33.9 Å². The number of nitrogens with two attached hydrogens (primary N) is 1. The van der Waals surface area contributed by atoms with Crippen molar-refractivity contribution < 1.29 is 39.6 Å². The van der Waals surface area contributed by atoms with Gasteiger partial charge < -0.3 is 26.2 Å². The number of hydrogen-bond acceptors (Lipinski definition) is 10. The molecular formula is C31H30N6O8. The number of anilines is 1. The summed E-state index contributed by atoms with van der Waals surface area (Å²) in [5.74, 6) is -4.68. The fraction of sp³-hybridized carbons (Fsp3) is 0.194. The molecule has 45 heavy (non-hydrogen) atoms. The Hall–Kier alpha value is -5.73. The first-order valence-corrected chi connectivity index (χ1v) is 13.6. The smallest absolute Gasteiger partial charge is 0.317 e. The molecular weight excluding hydrogens is 584 g/mol. The number of carboxylic acids is 4. The Bertz CT molecular complexity index is 1600. The highest BCUT2D eigenvalue weighted by Crippen LogP contribution is 2.30. The predicted molar refractivity (Wildman–Crippen MR) is 162 cm³/mol. The fourth-order valence-electron chi connectivity index (χ4n) is 4.66. The maximum atomic E-state index is 11.3. The standard InChI is InChI=1S/C31H30N6O8/c32-21-5-1-4-19(10-21)20-11-26(24-8-2-6-22(33-24)13-36(15-28(38)39)16-29(40)41)35-27(12-20)25-9-3-7-23(34-25)14-37(17-30(42)43)18-31(44)45/h1-12H,13-18,32H2,(H,38,39)(H,40,41)(H,42,43)(H,44,45). The highest BCUT2D eigenvalue weighted by Gasteiger charge is 2.18. The summed E-state index contributed by atoms with van der Waals surface area (Å²) in [6.45, 7) is -1.98. The van der Waals surface area contributed by atoms with Gasteiger partial charge in [-0.2, -0.15) is 0 Å². The van der Waals surface area contributed by atoms with Crippen LogP contribution in [0.3, 0.4) is 0 Å². The van der Waals surface area contributed by atoms with Crippen LogP contribution in [-0.4, -0.2) is 95.2 Å². The molecule has 0 radical (unpaired) electrons. The molecule has 0 aliphatic heterocycles. The number of nitrogen functional groups attached to an aromatic ring is 1. The highest BCUT2D eigenvalue weighted by atomic mass is 16.4. The molecule has 3 heterocycles. The topological polar surface area (TPSA) is 220 Å². The minimum absolute atomic E-state index is 0.0268. The number of aromatic nitrogens is 3. The SMILES string of the molecule is Nc1cccc(-c2cc(-c3cccc(CN(CC(=O)O)CC(=O)O)n3)nc(-c3cccc(CN(CC(=O)O)CC(=O)O)n3)c2)c1. The van der Waals surface area contributed by atoms with Gasteiger partial charge in [0.25, 0.3) is 0 Å². The van der Waals surface area contributed by atoms with Crippen LogP contribution in [0.25, 0.3) is 33.9 Å². The number of aliphatic carboxylic acids is 4. The summed E-state index contributed by atoms with van der Waals surface area (Å²) in [7, 11) is 0. The zero-order valence-electron chi connectivity index (χ0n) is 23.9. The third-order valence-corrected chi connectivity index (χ3v) is 6.39. The van der Waals surface area contributed by atoms with Gasteiger partial charge in [-0.05, 0) is 59.7 Å². The van der Waals surface area contributed by atoms with Gasteiger partial charge in [0.1, 0.15) is 0 Å². The molecule has 0 unspecified atom stereocenters. The number of hydrogen-bond donors (Lipinski definition) is 5. The average molecular weight is 615 g/mol. The predicted octanol–water partition coefficient (Wildman–Crippen LogP) is 2.40. The van der Waals surface area contributed by atoms with E-state index in [1.807, 2.05) is 18.2 Å². The van der Waals surface area contributed by atoms with Crippen molar-refractivity contribution in [1.29, 1.82) is 0 Å². The first-order chi connectivity index (χ1) is 21.4. The van der Waals surface area contributed by atoms with E-state index in [2.05, 4.69) is 9.97 Å². The lowest BCUT2D eigenvalue weighted by Gasteiger charge is -2.18. The monoisotopic (exact) mass is 614 g/mol. The Morgan fingerprint density at radius 3 is 1.36 bits per heavy atom. The first-order valence-electron chi connectivity index (χ1n) is 13.6. The number of benzene rings is 1. The summed E-state index contributed by atoms with van der Waals surface area (Å²) >= 11 is 0. The van der Waals surface area contributed by atoms with E-state index in [1.165, 1.54) is 9.80 Å². The number of pyridine rings is 3. The molecule has 0 saturated heterocycles. The van der Waals surface area contributed by atoms with E-state index in [9.17, 15) is 39.6 Å². The molecule has 0 spiro atoms. The molecule has 0 amide bonds. The van der Waals surface area contributed by atoms with E-state index < -0.39 is 50.1 Å². The van der Waals surface area contributed by atoms with Crippen LogP contribution >= 0.6 is 0 Å². The third-order valence-electron chi connectivity index (χ3n) is 6.39. The Morgan fingerprint density at radius 1 is 0.533 bits per heavy atom. The number of nitrogens with zero attached hydrogens (tertiary/aromatic N) is 5. The zero-order valence-corrected chi connectivity index (χ0v) is 23.9. The minimum Gasteiger partial charge on any atom is -0.480 e. The summed E-state index contributed by atoms with van der Waals surface area (Å²) in [5.41, 5.74) is 10.8. The summed E-state index contributed by atoms with van der Waals surface area (Å²) < 4.78 is 0. The molecule has 14 heteroatoms. The average Bonchev–Trinajstić information content (AvgIpc) is 2.96. The van der Waals surface area contributed by atoms with Gasteiger partial charge in [0, 0.05) is 18.8 Å². The molecule has 6 N–H and O–H groups in total. The van der Waals surface area contributed by atoms with E-state index in [4.69, 9.17) is 10.7 Å². The van der Waals surface area contributed by atoms with Crippen molar-refractivity contribution in [2.45, 2.75) is 13.1 Å². The van der Waals surface area contributed by atoms with Crippen molar-refractivity contribution in [3.05, 3.63) is 84.2 Å². The van der Waals surface area contributed by atoms with Crippen LogP contribution in [0.2, 0.25) is 0 Å². The normalized spacial score (nSPS) is 11.1. The van der Waals surface area contributed by atoms with Crippen molar-refractivity contribution >= 4 is 29.6 Å². The van der Waals surface area contributed by atoms with Gasteiger partial charge in [-0.3, -0.25) is 29.0 Å². The van der Waals surface area contributed by atoms with E-state index in [-0.39, 0.29) is 13.1 Å². The van der Waals surface area contributed by atoms with Crippen molar-refractivity contribution in [2.75, 3.05) is 31.9 Å². The second kappa shape index (κ2) is 14.6. The molecule has 0 bridgehead atoms. The molecule has 1 aromatic carbocycles. The molecule has 4 rings (SSSR count). The van der Waals surface area contributed by atoms with Crippen LogP contribution in [0.4, 0.5) is 5.69 Å². The highest BCUT2D eigenvalue weighted by molar-refractivity contribution is 5.76. The van der Waals surface area contributed by atoms with Crippen molar-refractivity contribution in [3.63, 3.8) is 0 Å². The quantitative estimate of drug-likeness (QED) is 0.121. The Balaban J connectivity index is 1.75. The lowest BCUT2D eigenvalue weighted by molar-refractivity contribution is -0.144. The number of carbonyl (C=O) groups is 4. The summed E-state index contributed by atoms with van der Waals surface area (Å²) in [4.78, 5) is 61.7. The van der Waals surface area contributed by atoms with Crippen LogP contribution < -0.4 is 5.73 Å². The third kappa shape index (κ3) is 9.64. The van der Waals surface area contributed by atoms with Crippen LogP contribution in [0, 0.1) is 0 Å². The molecule has 232 valence electrons. The first kappa shape index (κ1) is 32.2. The van der Waals surface area contributed by atoms with Crippen molar-refractivity contribution in [1.82, 2.24) is 24.8 Å². The molecule has 14 nitrogen and oxygen atoms in total. The molecule has 0 fully saturated rings. The zero-order chi connectivity index (χ0) is 32.5. The summed E-state index contributed by atoms with van der Waals surface area (Å²) in [6.07, 6.45) is 0. The van der Waals surface area contributed by atoms with Crippen LogP contribution in [0.1, 0.15) is 11.4 Å². The molecule has 0 aliphatic carbocycles. The van der Waals surface area contributed by atoms with Gasteiger partial charge in [0.05, 0.1) is 60.3 Å². The van der Waals surface area contributed by atoms with Crippen LogP contribution in [0.5, 0.6) is 0 Å². The molecule has 3 aromatic heterocycles. The van der Waals surface area contributed by atoms with Crippen molar-refractivity contribution in [2.24, 2.45) is 0 Å². The van der Waals surface area contributed by atoms with Crippen LogP contribution in [-0.2, 0) is 32.3 Å². The molecule has 0 saturated carbocycles. The molecule has 4 aromatic rings. The number of carboxylic acid groups (broad SMARTS) is 4. The van der Waals surface area contributed by atoms with Gasteiger partial charge in [-0.25, -0.2) is 15.0 Å². The van der Waals surface area contributed by atoms with Gasteiger partial charge >= 0.3 is 23.9 Å². The fourth-order valence-corrected chi connectivity index (χ4v) is 4.66. The van der Waals surface area contributed by atoms with Gasteiger partial charge in [-0.15, -0.1) is 0 Å². The minimum atomic E-state index is -1.17. The van der Waals surface area contributed by atoms with E-state index in [0.29, 0.717) is 39.9 Å². The van der Waals surface area contributed by atoms with Gasteiger partial charge in [0.2, 0.25) is 0 Å². The molecule has 0 aliphatic rings. The Kier molecular flexibility index (Phi) is 10.5. The summed E-state index contributed by atoms with van der Waals surface area (Å²) in [6, 6.07) is 21.0. The van der Waals surface area contributed by atoms with E-state index >= 15 is 0 Å². The maximum Gasteiger partial charge on any atom is 0.317 e.